The maximum absolute atomic E-state index is 11.3. The summed E-state index contributed by atoms with van der Waals surface area (Å²) in [6, 6.07) is 6.31. The molecule has 0 saturated carbocycles. The molecule has 7 nitrogen and oxygen atoms in total. The van der Waals surface area contributed by atoms with Crippen LogP contribution in [0, 0.1) is 0 Å². The van der Waals surface area contributed by atoms with E-state index in [4.69, 9.17) is 9.11 Å². The van der Waals surface area contributed by atoms with Crippen LogP contribution in [-0.2, 0) is 20.2 Å². The molecule has 0 heterocycles. The van der Waals surface area contributed by atoms with Crippen molar-refractivity contribution in [1.82, 2.24) is 0 Å². The molecule has 0 atom stereocenters. The van der Waals surface area contributed by atoms with Gasteiger partial charge in [0.05, 0.1) is 5.69 Å². The van der Waals surface area contributed by atoms with E-state index in [9.17, 15) is 16.8 Å². The van der Waals surface area contributed by atoms with Gasteiger partial charge >= 0.3 is 0 Å². The Morgan fingerprint density at radius 1 is 0.850 bits per heavy atom. The number of hydrogen-bond donors (Lipinski definition) is 3. The molecule has 108 valence electrons. The Balaban J connectivity index is 2.99. The third kappa shape index (κ3) is 2.48. The number of hydrogen-bond acceptors (Lipinski definition) is 5. The van der Waals surface area contributed by atoms with Crippen LogP contribution < -0.4 is 5.32 Å². The van der Waals surface area contributed by atoms with Crippen LogP contribution in [0.2, 0.25) is 0 Å². The Hall–Kier alpha value is -1.68. The van der Waals surface area contributed by atoms with Crippen molar-refractivity contribution in [2.45, 2.75) is 9.79 Å². The van der Waals surface area contributed by atoms with Gasteiger partial charge in [-0.15, -0.1) is 0 Å². The molecule has 9 heteroatoms. The Labute approximate surface area is 115 Å². The van der Waals surface area contributed by atoms with Crippen molar-refractivity contribution in [1.29, 1.82) is 0 Å². The van der Waals surface area contributed by atoms with Crippen LogP contribution in [0.5, 0.6) is 0 Å². The van der Waals surface area contributed by atoms with Crippen molar-refractivity contribution < 1.29 is 25.9 Å². The van der Waals surface area contributed by atoms with E-state index in [0.717, 1.165) is 6.07 Å². The number of rotatable bonds is 3. The summed E-state index contributed by atoms with van der Waals surface area (Å²) in [6.45, 7) is 0. The van der Waals surface area contributed by atoms with Crippen molar-refractivity contribution >= 4 is 36.7 Å². The standard InChI is InChI=1S/C11H11NO6S2/c1-12-11-8-3-2-4-9(19(13,14)15)7(8)5-6-10(11)20(16,17)18/h2-6,12H,1H3,(H,13,14,15)(H,16,17,18). The highest BCUT2D eigenvalue weighted by Crippen LogP contribution is 2.33. The van der Waals surface area contributed by atoms with Gasteiger partial charge in [0.1, 0.15) is 9.79 Å². The molecule has 0 fully saturated rings. The smallest absolute Gasteiger partial charge is 0.296 e. The van der Waals surface area contributed by atoms with Crippen LogP contribution in [0.15, 0.2) is 40.1 Å². The van der Waals surface area contributed by atoms with Gasteiger partial charge < -0.3 is 5.32 Å². The van der Waals surface area contributed by atoms with Crippen LogP contribution in [0.3, 0.4) is 0 Å². The van der Waals surface area contributed by atoms with E-state index in [1.165, 1.54) is 31.3 Å². The lowest BCUT2D eigenvalue weighted by Crippen LogP contribution is -2.05. The SMILES string of the molecule is CNc1c(S(=O)(=O)O)ccc2c(S(=O)(=O)O)cccc12. The Morgan fingerprint density at radius 3 is 1.95 bits per heavy atom. The van der Waals surface area contributed by atoms with Crippen LogP contribution >= 0.6 is 0 Å². The fourth-order valence-corrected chi connectivity index (χ4v) is 3.42. The average molecular weight is 317 g/mol. The molecule has 0 bridgehead atoms. The van der Waals surface area contributed by atoms with Crippen molar-refractivity contribution in [3.05, 3.63) is 30.3 Å². The minimum absolute atomic E-state index is 0.0514. The van der Waals surface area contributed by atoms with Gasteiger partial charge in [-0.25, -0.2) is 0 Å². The molecule has 0 aliphatic heterocycles. The van der Waals surface area contributed by atoms with Crippen LogP contribution in [0.1, 0.15) is 0 Å². The van der Waals surface area contributed by atoms with E-state index < -0.39 is 20.2 Å². The topological polar surface area (TPSA) is 121 Å². The molecule has 20 heavy (non-hydrogen) atoms. The maximum atomic E-state index is 11.3. The molecular weight excluding hydrogens is 306 g/mol. The lowest BCUT2D eigenvalue weighted by molar-refractivity contribution is 0.482. The second kappa shape index (κ2) is 4.70. The van der Waals surface area contributed by atoms with Crippen molar-refractivity contribution in [2.75, 3.05) is 12.4 Å². The summed E-state index contributed by atoms with van der Waals surface area (Å²) in [5.41, 5.74) is 0.0514. The summed E-state index contributed by atoms with van der Waals surface area (Å²) < 4.78 is 63.5. The van der Waals surface area contributed by atoms with Gasteiger partial charge in [0.15, 0.2) is 0 Å². The van der Waals surface area contributed by atoms with E-state index in [1.54, 1.807) is 0 Å². The fourth-order valence-electron chi connectivity index (χ4n) is 2.01. The number of benzene rings is 2. The average Bonchev–Trinajstić information content (AvgIpc) is 2.34. The molecule has 3 N–H and O–H groups in total. The second-order valence-corrected chi connectivity index (χ2v) is 6.77. The molecule has 0 saturated heterocycles. The molecule has 0 aromatic heterocycles. The third-order valence-electron chi connectivity index (χ3n) is 2.79. The summed E-state index contributed by atoms with van der Waals surface area (Å²) in [5.74, 6) is 0. The van der Waals surface area contributed by atoms with E-state index >= 15 is 0 Å². The summed E-state index contributed by atoms with van der Waals surface area (Å²) in [7, 11) is -7.47. The predicted molar refractivity (Wildman–Crippen MR) is 73.1 cm³/mol. The monoisotopic (exact) mass is 317 g/mol. The quantitative estimate of drug-likeness (QED) is 0.731. The van der Waals surface area contributed by atoms with Gasteiger partial charge in [0, 0.05) is 17.8 Å². The first kappa shape index (κ1) is 14.7. The molecule has 0 aliphatic carbocycles. The first-order valence-electron chi connectivity index (χ1n) is 5.34. The van der Waals surface area contributed by atoms with E-state index in [2.05, 4.69) is 5.32 Å². The van der Waals surface area contributed by atoms with Gasteiger partial charge in [-0.1, -0.05) is 18.2 Å². The fraction of sp³-hybridized carbons (Fsp3) is 0.0909. The van der Waals surface area contributed by atoms with Crippen molar-refractivity contribution in [3.8, 4) is 0 Å². The molecule has 2 rings (SSSR count). The number of nitrogens with one attached hydrogen (secondary N) is 1. The lowest BCUT2D eigenvalue weighted by Gasteiger charge is -2.12. The lowest BCUT2D eigenvalue weighted by atomic mass is 10.1. The molecule has 0 amide bonds. The zero-order valence-electron chi connectivity index (χ0n) is 10.2. The van der Waals surface area contributed by atoms with Crippen LogP contribution in [0.4, 0.5) is 5.69 Å². The molecule has 0 aliphatic rings. The minimum Gasteiger partial charge on any atom is -0.386 e. The first-order valence-corrected chi connectivity index (χ1v) is 8.22. The van der Waals surface area contributed by atoms with Gasteiger partial charge in [-0.2, -0.15) is 16.8 Å². The summed E-state index contributed by atoms with van der Waals surface area (Å²) >= 11 is 0. The maximum Gasteiger partial charge on any atom is 0.296 e. The van der Waals surface area contributed by atoms with E-state index in [1.807, 2.05) is 0 Å². The molecule has 0 spiro atoms. The zero-order valence-corrected chi connectivity index (χ0v) is 11.9. The van der Waals surface area contributed by atoms with Crippen molar-refractivity contribution in [2.24, 2.45) is 0 Å². The molecular formula is C11H11NO6S2. The highest BCUT2D eigenvalue weighted by molar-refractivity contribution is 7.86. The highest BCUT2D eigenvalue weighted by Gasteiger charge is 2.20. The van der Waals surface area contributed by atoms with Crippen LogP contribution in [0.25, 0.3) is 10.8 Å². The van der Waals surface area contributed by atoms with Gasteiger partial charge in [-0.05, 0) is 12.1 Å². The molecule has 2 aromatic carbocycles. The predicted octanol–water partition coefficient (Wildman–Crippen LogP) is 1.37. The Bertz CT molecular complexity index is 887. The molecule has 2 aromatic rings. The Kier molecular flexibility index (Phi) is 3.46. The number of fused-ring (bicyclic) bond motifs is 1. The molecule has 0 unspecified atom stereocenters. The highest BCUT2D eigenvalue weighted by atomic mass is 32.2. The van der Waals surface area contributed by atoms with Gasteiger partial charge in [0.25, 0.3) is 20.2 Å². The third-order valence-corrected chi connectivity index (χ3v) is 4.60. The first-order chi connectivity index (χ1) is 9.16. The summed E-state index contributed by atoms with van der Waals surface area (Å²) in [4.78, 5) is -0.714. The van der Waals surface area contributed by atoms with Crippen molar-refractivity contribution in [3.63, 3.8) is 0 Å². The molecule has 0 radical (unpaired) electrons. The minimum atomic E-state index is -4.46. The second-order valence-electron chi connectivity index (χ2n) is 3.99. The Morgan fingerprint density at radius 2 is 1.45 bits per heavy atom. The van der Waals surface area contributed by atoms with Crippen LogP contribution in [-0.4, -0.2) is 33.0 Å². The normalized spacial score (nSPS) is 12.6. The number of anilines is 1. The van der Waals surface area contributed by atoms with E-state index in [-0.39, 0.29) is 26.3 Å². The van der Waals surface area contributed by atoms with Gasteiger partial charge in [0.2, 0.25) is 0 Å². The largest absolute Gasteiger partial charge is 0.386 e. The van der Waals surface area contributed by atoms with E-state index in [0.29, 0.717) is 0 Å². The zero-order chi connectivity index (χ0) is 15.1. The summed E-state index contributed by atoms with van der Waals surface area (Å²) in [5, 5.41) is 3.00. The van der Waals surface area contributed by atoms with Gasteiger partial charge in [-0.3, -0.25) is 9.11 Å². The summed E-state index contributed by atoms with van der Waals surface area (Å²) in [6.07, 6.45) is 0.